The lowest BCUT2D eigenvalue weighted by Gasteiger charge is -2.32. The van der Waals surface area contributed by atoms with Gasteiger partial charge in [-0.3, -0.25) is 14.4 Å². The number of carbonyl (C=O) groups excluding carboxylic acids is 3. The zero-order valence-corrected chi connectivity index (χ0v) is 19.4. The summed E-state index contributed by atoms with van der Waals surface area (Å²) in [7, 11) is 1.59. The SMILES string of the molecule is COc1ccc(C(=O)C2CCN(C(=O)CC(NC(C)=O)c3ccc(Br)cc3)CC2)cc1. The summed E-state index contributed by atoms with van der Waals surface area (Å²) in [5.41, 5.74) is 1.56. The van der Waals surface area contributed by atoms with Crippen LogP contribution in [0.15, 0.2) is 53.0 Å². The van der Waals surface area contributed by atoms with Crippen LogP contribution in [0.1, 0.15) is 48.1 Å². The van der Waals surface area contributed by atoms with Crippen LogP contribution in [0.2, 0.25) is 0 Å². The maximum absolute atomic E-state index is 12.9. The highest BCUT2D eigenvalue weighted by molar-refractivity contribution is 9.10. The summed E-state index contributed by atoms with van der Waals surface area (Å²) in [6.45, 7) is 2.53. The van der Waals surface area contributed by atoms with E-state index >= 15 is 0 Å². The maximum atomic E-state index is 12.9. The van der Waals surface area contributed by atoms with Gasteiger partial charge in [0, 0.05) is 36.0 Å². The molecule has 1 unspecified atom stereocenters. The van der Waals surface area contributed by atoms with Crippen molar-refractivity contribution in [1.29, 1.82) is 0 Å². The van der Waals surface area contributed by atoms with Crippen molar-refractivity contribution in [3.8, 4) is 5.75 Å². The molecule has 1 saturated heterocycles. The van der Waals surface area contributed by atoms with Crippen LogP contribution in [0, 0.1) is 5.92 Å². The molecule has 0 bridgehead atoms. The van der Waals surface area contributed by atoms with Crippen LogP contribution >= 0.6 is 15.9 Å². The predicted molar refractivity (Wildman–Crippen MR) is 122 cm³/mol. The number of Topliss-reactive ketones (excluding diaryl/α,β-unsaturated/α-hetero) is 1. The van der Waals surface area contributed by atoms with Gasteiger partial charge in [-0.05, 0) is 54.8 Å². The molecule has 0 saturated carbocycles. The first-order valence-electron chi connectivity index (χ1n) is 10.4. The van der Waals surface area contributed by atoms with E-state index in [0.29, 0.717) is 31.5 Å². The first-order valence-corrected chi connectivity index (χ1v) is 11.1. The third kappa shape index (κ3) is 6.17. The van der Waals surface area contributed by atoms with E-state index in [0.717, 1.165) is 15.8 Å². The number of amides is 2. The number of carbonyl (C=O) groups is 3. The third-order valence-corrected chi connectivity index (χ3v) is 6.15. The second-order valence-electron chi connectivity index (χ2n) is 7.76. The number of piperidine rings is 1. The fraction of sp³-hybridized carbons (Fsp3) is 0.375. The van der Waals surface area contributed by atoms with E-state index in [-0.39, 0.29) is 36.0 Å². The van der Waals surface area contributed by atoms with Crippen LogP contribution < -0.4 is 10.1 Å². The summed E-state index contributed by atoms with van der Waals surface area (Å²) in [4.78, 5) is 39.2. The van der Waals surface area contributed by atoms with E-state index in [9.17, 15) is 14.4 Å². The fourth-order valence-corrected chi connectivity index (χ4v) is 4.14. The normalized spacial score (nSPS) is 15.3. The number of nitrogens with one attached hydrogen (secondary N) is 1. The number of hydrogen-bond acceptors (Lipinski definition) is 4. The van der Waals surface area contributed by atoms with Gasteiger partial charge in [0.05, 0.1) is 19.6 Å². The molecule has 0 aromatic heterocycles. The van der Waals surface area contributed by atoms with Crippen molar-refractivity contribution in [3.63, 3.8) is 0 Å². The van der Waals surface area contributed by atoms with E-state index in [4.69, 9.17) is 4.74 Å². The number of nitrogens with zero attached hydrogens (tertiary/aromatic N) is 1. The van der Waals surface area contributed by atoms with Crippen molar-refractivity contribution in [3.05, 3.63) is 64.1 Å². The second-order valence-corrected chi connectivity index (χ2v) is 8.67. The van der Waals surface area contributed by atoms with Crippen LogP contribution in [0.3, 0.4) is 0 Å². The van der Waals surface area contributed by atoms with Gasteiger partial charge < -0.3 is 15.0 Å². The second kappa shape index (κ2) is 10.6. The van der Waals surface area contributed by atoms with Crippen molar-refractivity contribution in [2.24, 2.45) is 5.92 Å². The summed E-state index contributed by atoms with van der Waals surface area (Å²) < 4.78 is 6.08. The highest BCUT2D eigenvalue weighted by atomic mass is 79.9. The Hall–Kier alpha value is -2.67. The lowest BCUT2D eigenvalue weighted by atomic mass is 9.88. The number of benzene rings is 2. The van der Waals surface area contributed by atoms with Crippen LogP contribution in [0.4, 0.5) is 0 Å². The average Bonchev–Trinajstić information content (AvgIpc) is 2.78. The molecule has 0 spiro atoms. The molecule has 0 aliphatic carbocycles. The predicted octanol–water partition coefficient (Wildman–Crippen LogP) is 4.15. The van der Waals surface area contributed by atoms with Gasteiger partial charge in [-0.25, -0.2) is 0 Å². The third-order valence-electron chi connectivity index (χ3n) is 5.62. The Morgan fingerprint density at radius 1 is 1.06 bits per heavy atom. The minimum atomic E-state index is -0.378. The molecule has 164 valence electrons. The lowest BCUT2D eigenvalue weighted by Crippen LogP contribution is -2.42. The van der Waals surface area contributed by atoms with E-state index in [2.05, 4.69) is 21.2 Å². The van der Waals surface area contributed by atoms with Crippen LogP contribution in [0.5, 0.6) is 5.75 Å². The fourth-order valence-electron chi connectivity index (χ4n) is 3.88. The van der Waals surface area contributed by atoms with Crippen LogP contribution in [-0.2, 0) is 9.59 Å². The van der Waals surface area contributed by atoms with Gasteiger partial charge in [-0.1, -0.05) is 28.1 Å². The van der Waals surface area contributed by atoms with Crippen molar-refractivity contribution in [2.45, 2.75) is 32.2 Å². The number of ether oxygens (including phenoxy) is 1. The number of rotatable bonds is 7. The molecule has 6 nitrogen and oxygen atoms in total. The standard InChI is InChI=1S/C24H27BrN2O4/c1-16(28)26-22(17-3-7-20(25)8-4-17)15-23(29)27-13-11-19(12-14-27)24(30)18-5-9-21(31-2)10-6-18/h3-10,19,22H,11-15H2,1-2H3,(H,26,28). The summed E-state index contributed by atoms with van der Waals surface area (Å²) >= 11 is 3.40. The molecule has 2 aromatic rings. The summed E-state index contributed by atoms with van der Waals surface area (Å²) in [6.07, 6.45) is 1.47. The Labute approximate surface area is 191 Å². The Bertz CT molecular complexity index is 920. The van der Waals surface area contributed by atoms with Crippen molar-refractivity contribution in [1.82, 2.24) is 10.2 Å². The van der Waals surface area contributed by atoms with Gasteiger partial charge in [-0.2, -0.15) is 0 Å². The summed E-state index contributed by atoms with van der Waals surface area (Å²) in [5, 5.41) is 2.88. The van der Waals surface area contributed by atoms with Crippen LogP contribution in [0.25, 0.3) is 0 Å². The monoisotopic (exact) mass is 486 g/mol. The average molecular weight is 487 g/mol. The molecule has 31 heavy (non-hydrogen) atoms. The highest BCUT2D eigenvalue weighted by Gasteiger charge is 2.29. The topological polar surface area (TPSA) is 75.7 Å². The molecule has 1 atom stereocenters. The number of methoxy groups -OCH3 is 1. The van der Waals surface area contributed by atoms with Crippen molar-refractivity contribution in [2.75, 3.05) is 20.2 Å². The zero-order chi connectivity index (χ0) is 22.4. The van der Waals surface area contributed by atoms with Gasteiger partial charge >= 0.3 is 0 Å². The lowest BCUT2D eigenvalue weighted by molar-refractivity contribution is -0.133. The van der Waals surface area contributed by atoms with E-state index in [1.807, 2.05) is 24.3 Å². The van der Waals surface area contributed by atoms with E-state index in [1.54, 1.807) is 36.3 Å². The van der Waals surface area contributed by atoms with Crippen molar-refractivity contribution >= 4 is 33.5 Å². The zero-order valence-electron chi connectivity index (χ0n) is 17.8. The molecule has 2 aromatic carbocycles. The quantitative estimate of drug-likeness (QED) is 0.596. The van der Waals surface area contributed by atoms with E-state index < -0.39 is 0 Å². The van der Waals surface area contributed by atoms with Crippen molar-refractivity contribution < 1.29 is 19.1 Å². The molecular formula is C24H27BrN2O4. The van der Waals surface area contributed by atoms with Gasteiger partial charge in [0.2, 0.25) is 11.8 Å². The maximum Gasteiger partial charge on any atom is 0.224 e. The van der Waals surface area contributed by atoms with Gasteiger partial charge in [-0.15, -0.1) is 0 Å². The summed E-state index contributed by atoms with van der Waals surface area (Å²) in [6, 6.07) is 14.4. The number of halogens is 1. The molecule has 1 N–H and O–H groups in total. The molecule has 1 heterocycles. The number of likely N-dealkylation sites (tertiary alicyclic amines) is 1. The molecular weight excluding hydrogens is 460 g/mol. The first kappa shape index (κ1) is 23.0. The Balaban J connectivity index is 1.58. The Morgan fingerprint density at radius 3 is 2.23 bits per heavy atom. The molecule has 3 rings (SSSR count). The molecule has 1 fully saturated rings. The minimum Gasteiger partial charge on any atom is -0.497 e. The number of ketones is 1. The van der Waals surface area contributed by atoms with Crippen LogP contribution in [-0.4, -0.2) is 42.7 Å². The minimum absolute atomic E-state index is 0.0167. The molecule has 1 aliphatic rings. The molecule has 7 heteroatoms. The highest BCUT2D eigenvalue weighted by Crippen LogP contribution is 2.26. The largest absolute Gasteiger partial charge is 0.497 e. The van der Waals surface area contributed by atoms with E-state index in [1.165, 1.54) is 6.92 Å². The molecule has 2 amide bonds. The first-order chi connectivity index (χ1) is 14.9. The van der Waals surface area contributed by atoms with Gasteiger partial charge in [0.25, 0.3) is 0 Å². The summed E-state index contributed by atoms with van der Waals surface area (Å²) in [5.74, 6) is 0.550. The Morgan fingerprint density at radius 2 is 1.68 bits per heavy atom. The molecule has 0 radical (unpaired) electrons. The van der Waals surface area contributed by atoms with Gasteiger partial charge in [0.1, 0.15) is 5.75 Å². The molecule has 1 aliphatic heterocycles. The smallest absolute Gasteiger partial charge is 0.224 e. The number of hydrogen-bond donors (Lipinski definition) is 1. The Kier molecular flexibility index (Phi) is 7.85. The van der Waals surface area contributed by atoms with Gasteiger partial charge in [0.15, 0.2) is 5.78 Å².